The number of ether oxygens (including phenoxy) is 3. The zero-order valence-electron chi connectivity index (χ0n) is 20.9. The van der Waals surface area contributed by atoms with Gasteiger partial charge in [0.05, 0.1) is 30.7 Å². The third-order valence-electron chi connectivity index (χ3n) is 5.98. The van der Waals surface area contributed by atoms with Crippen LogP contribution in [0.3, 0.4) is 0 Å². The maximum Gasteiger partial charge on any atom is 0.373 e. The van der Waals surface area contributed by atoms with E-state index in [0.717, 1.165) is 33.0 Å². The van der Waals surface area contributed by atoms with Crippen molar-refractivity contribution in [3.63, 3.8) is 0 Å². The lowest BCUT2D eigenvalue weighted by Crippen LogP contribution is -2.27. The maximum absolute atomic E-state index is 13.0. The molecule has 1 aliphatic rings. The van der Waals surface area contributed by atoms with Crippen molar-refractivity contribution >= 4 is 57.3 Å². The number of esters is 1. The summed E-state index contributed by atoms with van der Waals surface area (Å²) in [6.45, 7) is 0.161. The van der Waals surface area contributed by atoms with Crippen molar-refractivity contribution in [2.75, 3.05) is 14.2 Å². The molecule has 10 heteroatoms. The minimum absolute atomic E-state index is 0.0142. The summed E-state index contributed by atoms with van der Waals surface area (Å²) in [6, 6.07) is 20.4. The monoisotopic (exact) mass is 563 g/mol. The number of imide groups is 1. The van der Waals surface area contributed by atoms with Gasteiger partial charge in [-0.15, -0.1) is 0 Å². The molecular weight excluding hydrogens is 542 g/mol. The van der Waals surface area contributed by atoms with Crippen LogP contribution in [0.4, 0.5) is 4.79 Å². The van der Waals surface area contributed by atoms with Crippen molar-refractivity contribution in [2.45, 2.75) is 13.2 Å². The number of furan rings is 1. The van der Waals surface area contributed by atoms with Crippen LogP contribution in [0, 0.1) is 0 Å². The largest absolute Gasteiger partial charge is 0.493 e. The van der Waals surface area contributed by atoms with Gasteiger partial charge in [-0.25, -0.2) is 4.79 Å². The Labute approximate surface area is 233 Å². The molecule has 1 saturated heterocycles. The average molecular weight is 564 g/mol. The Morgan fingerprint density at radius 1 is 1.03 bits per heavy atom. The van der Waals surface area contributed by atoms with Gasteiger partial charge in [0.2, 0.25) is 5.76 Å². The molecule has 1 fully saturated rings. The molecule has 39 heavy (non-hydrogen) atoms. The summed E-state index contributed by atoms with van der Waals surface area (Å²) >= 11 is 7.34. The Bertz CT molecular complexity index is 1630. The van der Waals surface area contributed by atoms with Crippen molar-refractivity contribution in [3.05, 3.63) is 99.3 Å². The second kappa shape index (κ2) is 11.3. The van der Waals surface area contributed by atoms with Gasteiger partial charge < -0.3 is 18.6 Å². The van der Waals surface area contributed by atoms with Gasteiger partial charge in [-0.3, -0.25) is 14.5 Å². The SMILES string of the molecule is COC(=O)c1ccc(CN2C(=O)S/C(=C/c3cc(Cl)c(OCc4ccc5ccccc5c4)c(OC)c3)C2=O)o1. The van der Waals surface area contributed by atoms with Crippen LogP contribution < -0.4 is 9.47 Å². The van der Waals surface area contributed by atoms with Crippen LogP contribution in [0.2, 0.25) is 5.02 Å². The molecule has 8 nitrogen and oxygen atoms in total. The molecule has 0 N–H and O–H groups in total. The first-order valence-corrected chi connectivity index (χ1v) is 13.0. The number of nitrogens with zero attached hydrogens (tertiary/aromatic N) is 1. The van der Waals surface area contributed by atoms with Crippen LogP contribution in [0.1, 0.15) is 27.4 Å². The normalized spacial score (nSPS) is 14.3. The standard InChI is InChI=1S/C29H22ClNO7S/c1-35-24-13-18(12-22(30)26(24)37-16-17-7-8-19-5-3-4-6-20(19)11-17)14-25-27(32)31(29(34)39-25)15-21-9-10-23(38-21)28(33)36-2/h3-14H,15-16H2,1-2H3/b25-14+. The maximum atomic E-state index is 13.0. The molecule has 0 aliphatic carbocycles. The molecule has 3 aromatic carbocycles. The Kier molecular flexibility index (Phi) is 7.63. The number of benzene rings is 3. The van der Waals surface area contributed by atoms with E-state index in [1.165, 1.54) is 26.4 Å². The number of amides is 2. The number of hydrogen-bond acceptors (Lipinski definition) is 8. The predicted octanol–water partition coefficient (Wildman–Crippen LogP) is 6.70. The summed E-state index contributed by atoms with van der Waals surface area (Å²) < 4.78 is 21.5. The Morgan fingerprint density at radius 2 is 1.82 bits per heavy atom. The summed E-state index contributed by atoms with van der Waals surface area (Å²) in [5.41, 5.74) is 1.53. The summed E-state index contributed by atoms with van der Waals surface area (Å²) in [6.07, 6.45) is 1.56. The average Bonchev–Trinajstić information content (AvgIpc) is 3.52. The highest BCUT2D eigenvalue weighted by Crippen LogP contribution is 2.39. The van der Waals surface area contributed by atoms with Crippen LogP contribution in [-0.4, -0.2) is 36.2 Å². The van der Waals surface area contributed by atoms with Crippen molar-refractivity contribution in [1.82, 2.24) is 4.90 Å². The molecule has 1 aromatic heterocycles. The topological polar surface area (TPSA) is 95.3 Å². The second-order valence-electron chi connectivity index (χ2n) is 8.53. The van der Waals surface area contributed by atoms with E-state index in [1.54, 1.807) is 18.2 Å². The van der Waals surface area contributed by atoms with Crippen LogP contribution in [0.5, 0.6) is 11.5 Å². The Balaban J connectivity index is 1.32. The zero-order valence-corrected chi connectivity index (χ0v) is 22.5. The smallest absolute Gasteiger partial charge is 0.373 e. The molecule has 198 valence electrons. The van der Waals surface area contributed by atoms with E-state index in [1.807, 2.05) is 36.4 Å². The van der Waals surface area contributed by atoms with E-state index in [2.05, 4.69) is 10.8 Å². The van der Waals surface area contributed by atoms with E-state index in [4.69, 9.17) is 25.5 Å². The zero-order chi connectivity index (χ0) is 27.5. The number of carbonyl (C=O) groups excluding carboxylic acids is 3. The van der Waals surface area contributed by atoms with E-state index >= 15 is 0 Å². The van der Waals surface area contributed by atoms with E-state index in [-0.39, 0.29) is 29.6 Å². The van der Waals surface area contributed by atoms with E-state index < -0.39 is 17.1 Å². The quantitative estimate of drug-likeness (QED) is 0.173. The first kappa shape index (κ1) is 26.4. The highest BCUT2D eigenvalue weighted by Gasteiger charge is 2.36. The van der Waals surface area contributed by atoms with Gasteiger partial charge in [-0.05, 0) is 70.1 Å². The number of rotatable bonds is 8. The Hall–Kier alpha value is -4.21. The minimum atomic E-state index is -0.647. The van der Waals surface area contributed by atoms with Gasteiger partial charge in [0, 0.05) is 0 Å². The van der Waals surface area contributed by atoms with Crippen molar-refractivity contribution < 1.29 is 33.0 Å². The van der Waals surface area contributed by atoms with Gasteiger partial charge in [-0.1, -0.05) is 48.0 Å². The fourth-order valence-electron chi connectivity index (χ4n) is 4.06. The van der Waals surface area contributed by atoms with Crippen LogP contribution >= 0.6 is 23.4 Å². The number of hydrogen-bond donors (Lipinski definition) is 0. The molecule has 0 saturated carbocycles. The van der Waals surface area contributed by atoms with Crippen molar-refractivity contribution in [2.24, 2.45) is 0 Å². The third-order valence-corrected chi connectivity index (χ3v) is 7.17. The molecule has 4 aromatic rings. The lowest BCUT2D eigenvalue weighted by molar-refractivity contribution is -0.123. The number of thioether (sulfide) groups is 1. The van der Waals surface area contributed by atoms with E-state index in [9.17, 15) is 14.4 Å². The van der Waals surface area contributed by atoms with Crippen LogP contribution in [-0.2, 0) is 22.7 Å². The molecule has 0 bridgehead atoms. The molecule has 1 aliphatic heterocycles. The van der Waals surface area contributed by atoms with Gasteiger partial charge >= 0.3 is 5.97 Å². The van der Waals surface area contributed by atoms with Gasteiger partial charge in [0.15, 0.2) is 11.5 Å². The number of carbonyl (C=O) groups is 3. The lowest BCUT2D eigenvalue weighted by atomic mass is 10.1. The summed E-state index contributed by atoms with van der Waals surface area (Å²) in [7, 11) is 2.73. The van der Waals surface area contributed by atoms with Crippen molar-refractivity contribution in [3.8, 4) is 11.5 Å². The predicted molar refractivity (Wildman–Crippen MR) is 148 cm³/mol. The highest BCUT2D eigenvalue weighted by atomic mass is 35.5. The molecular formula is C29H22ClNO7S. The fourth-order valence-corrected chi connectivity index (χ4v) is 5.18. The summed E-state index contributed by atoms with van der Waals surface area (Å²) in [5, 5.41) is 2.08. The van der Waals surface area contributed by atoms with Gasteiger partial charge in [0.25, 0.3) is 11.1 Å². The van der Waals surface area contributed by atoms with Crippen LogP contribution in [0.25, 0.3) is 16.8 Å². The fraction of sp³-hybridized carbons (Fsp3) is 0.138. The lowest BCUT2D eigenvalue weighted by Gasteiger charge is -2.14. The van der Waals surface area contributed by atoms with Gasteiger partial charge in [0.1, 0.15) is 12.4 Å². The van der Waals surface area contributed by atoms with Crippen molar-refractivity contribution in [1.29, 1.82) is 0 Å². The second-order valence-corrected chi connectivity index (χ2v) is 9.93. The molecule has 0 atom stereocenters. The molecule has 0 spiro atoms. The first-order valence-electron chi connectivity index (χ1n) is 11.8. The van der Waals surface area contributed by atoms with Gasteiger partial charge in [-0.2, -0.15) is 0 Å². The molecule has 2 heterocycles. The van der Waals surface area contributed by atoms with E-state index in [0.29, 0.717) is 22.1 Å². The number of methoxy groups -OCH3 is 2. The number of fused-ring (bicyclic) bond motifs is 1. The highest BCUT2D eigenvalue weighted by molar-refractivity contribution is 8.18. The minimum Gasteiger partial charge on any atom is -0.493 e. The molecule has 2 amide bonds. The number of halogens is 1. The molecule has 5 rings (SSSR count). The summed E-state index contributed by atoms with van der Waals surface area (Å²) in [4.78, 5) is 38.4. The molecule has 0 radical (unpaired) electrons. The first-order chi connectivity index (χ1) is 18.9. The Morgan fingerprint density at radius 3 is 2.59 bits per heavy atom. The summed E-state index contributed by atoms with van der Waals surface area (Å²) in [5.74, 6) is -0.119. The van der Waals surface area contributed by atoms with Crippen LogP contribution in [0.15, 0.2) is 76.1 Å². The molecule has 0 unspecified atom stereocenters. The third kappa shape index (κ3) is 5.64.